The predicted molar refractivity (Wildman–Crippen MR) is 71.7 cm³/mol. The van der Waals surface area contributed by atoms with Gasteiger partial charge in [-0.25, -0.2) is 0 Å². The number of halogens is 1. The van der Waals surface area contributed by atoms with Crippen LogP contribution in [0.3, 0.4) is 0 Å². The van der Waals surface area contributed by atoms with Crippen molar-refractivity contribution in [3.05, 3.63) is 40.9 Å². The van der Waals surface area contributed by atoms with Gasteiger partial charge in [-0.2, -0.15) is 0 Å². The summed E-state index contributed by atoms with van der Waals surface area (Å²) in [5.41, 5.74) is 6.93. The highest BCUT2D eigenvalue weighted by molar-refractivity contribution is 9.10. The summed E-state index contributed by atoms with van der Waals surface area (Å²) in [5, 5.41) is 0. The SMILES string of the molecule is C=CCCCOc1ccc(Br)cc1[C@H](C)N. The van der Waals surface area contributed by atoms with E-state index in [0.717, 1.165) is 28.6 Å². The highest BCUT2D eigenvalue weighted by atomic mass is 79.9. The van der Waals surface area contributed by atoms with Crippen LogP contribution in [0, 0.1) is 0 Å². The van der Waals surface area contributed by atoms with Gasteiger partial charge < -0.3 is 10.5 Å². The van der Waals surface area contributed by atoms with Gasteiger partial charge in [0.25, 0.3) is 0 Å². The number of unbranched alkanes of at least 4 members (excludes halogenated alkanes) is 1. The van der Waals surface area contributed by atoms with Crippen LogP contribution in [-0.4, -0.2) is 6.61 Å². The summed E-state index contributed by atoms with van der Waals surface area (Å²) < 4.78 is 6.73. The second kappa shape index (κ2) is 6.71. The standard InChI is InChI=1S/C13H18BrNO/c1-3-4-5-8-16-13-7-6-11(14)9-12(13)10(2)15/h3,6-7,9-10H,1,4-5,8,15H2,2H3/t10-/m0/s1. The number of hydrogen-bond acceptors (Lipinski definition) is 2. The van der Waals surface area contributed by atoms with Crippen LogP contribution >= 0.6 is 15.9 Å². The van der Waals surface area contributed by atoms with Gasteiger partial charge in [-0.15, -0.1) is 6.58 Å². The Morgan fingerprint density at radius 3 is 2.94 bits per heavy atom. The first-order valence-electron chi connectivity index (χ1n) is 5.44. The molecule has 0 aliphatic rings. The topological polar surface area (TPSA) is 35.2 Å². The van der Waals surface area contributed by atoms with Crippen molar-refractivity contribution in [1.29, 1.82) is 0 Å². The maximum atomic E-state index is 5.90. The highest BCUT2D eigenvalue weighted by Gasteiger charge is 2.08. The third-order valence-corrected chi connectivity index (χ3v) is 2.77. The van der Waals surface area contributed by atoms with Crippen molar-refractivity contribution in [3.8, 4) is 5.75 Å². The Labute approximate surface area is 106 Å². The average molecular weight is 284 g/mol. The van der Waals surface area contributed by atoms with E-state index in [2.05, 4.69) is 22.5 Å². The zero-order chi connectivity index (χ0) is 12.0. The third-order valence-electron chi connectivity index (χ3n) is 2.27. The molecule has 16 heavy (non-hydrogen) atoms. The fourth-order valence-electron chi connectivity index (χ4n) is 1.42. The lowest BCUT2D eigenvalue weighted by molar-refractivity contribution is 0.307. The molecule has 0 aliphatic carbocycles. The van der Waals surface area contributed by atoms with Crippen LogP contribution in [0.2, 0.25) is 0 Å². The van der Waals surface area contributed by atoms with Gasteiger partial charge in [-0.3, -0.25) is 0 Å². The van der Waals surface area contributed by atoms with Crippen LogP contribution in [-0.2, 0) is 0 Å². The van der Waals surface area contributed by atoms with E-state index in [9.17, 15) is 0 Å². The van der Waals surface area contributed by atoms with E-state index < -0.39 is 0 Å². The number of nitrogens with two attached hydrogens (primary N) is 1. The highest BCUT2D eigenvalue weighted by Crippen LogP contribution is 2.27. The monoisotopic (exact) mass is 283 g/mol. The molecule has 0 aromatic heterocycles. The van der Waals surface area contributed by atoms with Gasteiger partial charge in [-0.1, -0.05) is 22.0 Å². The number of benzene rings is 1. The Morgan fingerprint density at radius 1 is 1.56 bits per heavy atom. The van der Waals surface area contributed by atoms with Crippen molar-refractivity contribution in [2.75, 3.05) is 6.61 Å². The maximum absolute atomic E-state index is 5.90. The van der Waals surface area contributed by atoms with Gasteiger partial charge in [0, 0.05) is 16.1 Å². The molecule has 1 aromatic rings. The molecule has 88 valence electrons. The zero-order valence-corrected chi connectivity index (χ0v) is 11.2. The molecule has 2 nitrogen and oxygen atoms in total. The van der Waals surface area contributed by atoms with Gasteiger partial charge in [0.2, 0.25) is 0 Å². The second-order valence-electron chi connectivity index (χ2n) is 3.75. The van der Waals surface area contributed by atoms with Gasteiger partial charge in [0.1, 0.15) is 5.75 Å². The minimum absolute atomic E-state index is 0.0214. The minimum atomic E-state index is -0.0214. The first-order valence-corrected chi connectivity index (χ1v) is 6.23. The van der Waals surface area contributed by atoms with Crippen molar-refractivity contribution in [2.45, 2.75) is 25.8 Å². The van der Waals surface area contributed by atoms with Crippen molar-refractivity contribution < 1.29 is 4.74 Å². The Morgan fingerprint density at radius 2 is 2.31 bits per heavy atom. The molecule has 0 aliphatic heterocycles. The molecule has 0 saturated heterocycles. The minimum Gasteiger partial charge on any atom is -0.493 e. The smallest absolute Gasteiger partial charge is 0.124 e. The molecule has 0 amide bonds. The maximum Gasteiger partial charge on any atom is 0.124 e. The van der Waals surface area contributed by atoms with Crippen LogP contribution in [0.4, 0.5) is 0 Å². The molecular formula is C13H18BrNO. The lowest BCUT2D eigenvalue weighted by Gasteiger charge is -2.14. The Hall–Kier alpha value is -0.800. The summed E-state index contributed by atoms with van der Waals surface area (Å²) in [6.07, 6.45) is 3.86. The van der Waals surface area contributed by atoms with Gasteiger partial charge in [0.15, 0.2) is 0 Å². The first kappa shape index (κ1) is 13.3. The van der Waals surface area contributed by atoms with Gasteiger partial charge in [0.05, 0.1) is 6.61 Å². The van der Waals surface area contributed by atoms with E-state index in [1.54, 1.807) is 0 Å². The molecule has 1 atom stereocenters. The van der Waals surface area contributed by atoms with Crippen LogP contribution < -0.4 is 10.5 Å². The van der Waals surface area contributed by atoms with E-state index in [4.69, 9.17) is 10.5 Å². The summed E-state index contributed by atoms with van der Waals surface area (Å²) in [4.78, 5) is 0. The van der Waals surface area contributed by atoms with E-state index in [0.29, 0.717) is 6.61 Å². The summed E-state index contributed by atoms with van der Waals surface area (Å²) >= 11 is 3.43. The van der Waals surface area contributed by atoms with Crippen molar-refractivity contribution in [2.24, 2.45) is 5.73 Å². The molecule has 0 bridgehead atoms. The fourth-order valence-corrected chi connectivity index (χ4v) is 1.80. The van der Waals surface area contributed by atoms with Gasteiger partial charge >= 0.3 is 0 Å². The van der Waals surface area contributed by atoms with E-state index in [1.807, 2.05) is 31.2 Å². The zero-order valence-electron chi connectivity index (χ0n) is 9.58. The molecule has 2 N–H and O–H groups in total. The van der Waals surface area contributed by atoms with Crippen LogP contribution in [0.15, 0.2) is 35.3 Å². The molecule has 1 aromatic carbocycles. The quantitative estimate of drug-likeness (QED) is 0.636. The third kappa shape index (κ3) is 3.99. The van der Waals surface area contributed by atoms with Crippen LogP contribution in [0.5, 0.6) is 5.75 Å². The summed E-state index contributed by atoms with van der Waals surface area (Å²) in [6.45, 7) is 6.34. The molecule has 3 heteroatoms. The number of ether oxygens (including phenoxy) is 1. The molecule has 0 fully saturated rings. The predicted octanol–water partition coefficient (Wildman–Crippen LogP) is 3.81. The lowest BCUT2D eigenvalue weighted by Crippen LogP contribution is -2.08. The molecule has 0 heterocycles. The lowest BCUT2D eigenvalue weighted by atomic mass is 10.1. The van der Waals surface area contributed by atoms with Crippen LogP contribution in [0.1, 0.15) is 31.4 Å². The molecule has 0 radical (unpaired) electrons. The van der Waals surface area contributed by atoms with E-state index >= 15 is 0 Å². The average Bonchev–Trinajstić information content (AvgIpc) is 2.26. The summed E-state index contributed by atoms with van der Waals surface area (Å²) in [6, 6.07) is 5.91. The number of allylic oxidation sites excluding steroid dienone is 1. The van der Waals surface area contributed by atoms with E-state index in [-0.39, 0.29) is 6.04 Å². The molecule has 0 spiro atoms. The van der Waals surface area contributed by atoms with Crippen molar-refractivity contribution in [3.63, 3.8) is 0 Å². The second-order valence-corrected chi connectivity index (χ2v) is 4.67. The van der Waals surface area contributed by atoms with Crippen molar-refractivity contribution >= 4 is 15.9 Å². The number of hydrogen-bond donors (Lipinski definition) is 1. The first-order chi connectivity index (χ1) is 7.65. The molecule has 0 unspecified atom stereocenters. The summed E-state index contributed by atoms with van der Waals surface area (Å²) in [7, 11) is 0. The summed E-state index contributed by atoms with van der Waals surface area (Å²) in [5.74, 6) is 0.877. The molecule has 0 saturated carbocycles. The molecular weight excluding hydrogens is 266 g/mol. The fraction of sp³-hybridized carbons (Fsp3) is 0.385. The molecule has 1 rings (SSSR count). The number of rotatable bonds is 6. The largest absolute Gasteiger partial charge is 0.493 e. The Balaban J connectivity index is 2.67. The van der Waals surface area contributed by atoms with Crippen molar-refractivity contribution in [1.82, 2.24) is 0 Å². The Bertz CT molecular complexity index is 350. The normalized spacial score (nSPS) is 12.2. The van der Waals surface area contributed by atoms with Gasteiger partial charge in [-0.05, 0) is 38.0 Å². The van der Waals surface area contributed by atoms with Crippen LogP contribution in [0.25, 0.3) is 0 Å². The van der Waals surface area contributed by atoms with E-state index in [1.165, 1.54) is 0 Å². The Kier molecular flexibility index (Phi) is 5.56.